The first-order chi connectivity index (χ1) is 12.8. The van der Waals surface area contributed by atoms with Gasteiger partial charge >= 0.3 is 5.69 Å². The molecule has 0 aliphatic carbocycles. The summed E-state index contributed by atoms with van der Waals surface area (Å²) < 4.78 is 8.77. The molecule has 1 N–H and O–H groups in total. The van der Waals surface area contributed by atoms with Crippen LogP contribution in [0.15, 0.2) is 41.2 Å². The molecule has 27 heavy (non-hydrogen) atoms. The minimum atomic E-state index is -0.728. The lowest BCUT2D eigenvalue weighted by molar-refractivity contribution is -0.127. The highest BCUT2D eigenvalue weighted by Gasteiger charge is 2.16. The average molecular weight is 408 g/mol. The van der Waals surface area contributed by atoms with Gasteiger partial charge in [-0.3, -0.25) is 13.9 Å². The molecule has 3 rings (SSSR count). The van der Waals surface area contributed by atoms with Crippen molar-refractivity contribution in [3.05, 3.63) is 62.5 Å². The molecule has 1 heterocycles. The van der Waals surface area contributed by atoms with E-state index in [-0.39, 0.29) is 11.6 Å². The number of hydrogen-bond acceptors (Lipinski definition) is 3. The van der Waals surface area contributed by atoms with Crippen molar-refractivity contribution in [2.24, 2.45) is 14.1 Å². The highest BCUT2D eigenvalue weighted by Crippen LogP contribution is 2.28. The van der Waals surface area contributed by atoms with Crippen LogP contribution >= 0.6 is 23.2 Å². The number of aromatic nitrogens is 2. The van der Waals surface area contributed by atoms with E-state index in [0.29, 0.717) is 22.3 Å². The average Bonchev–Trinajstić information content (AvgIpc) is 2.86. The molecule has 0 radical (unpaired) electrons. The zero-order chi connectivity index (χ0) is 19.7. The SMILES string of the molecule is CC(Oc1ccc(Cl)cc1Cl)C(=O)NCc1ccc2c(c1)n(C)c(=O)n2C. The second kappa shape index (κ2) is 7.66. The first kappa shape index (κ1) is 19.3. The predicted molar refractivity (Wildman–Crippen MR) is 107 cm³/mol. The van der Waals surface area contributed by atoms with Crippen LogP contribution in [-0.2, 0) is 25.4 Å². The van der Waals surface area contributed by atoms with Gasteiger partial charge < -0.3 is 10.1 Å². The maximum atomic E-state index is 12.3. The summed E-state index contributed by atoms with van der Waals surface area (Å²) in [5.41, 5.74) is 2.44. The van der Waals surface area contributed by atoms with Crippen LogP contribution in [0.5, 0.6) is 5.75 Å². The van der Waals surface area contributed by atoms with Crippen LogP contribution in [0.2, 0.25) is 10.0 Å². The molecule has 8 heteroatoms. The smallest absolute Gasteiger partial charge is 0.328 e. The molecule has 0 spiro atoms. The number of rotatable bonds is 5. The molecule has 0 aliphatic rings. The molecule has 1 unspecified atom stereocenters. The van der Waals surface area contributed by atoms with Gasteiger partial charge in [-0.2, -0.15) is 0 Å². The summed E-state index contributed by atoms with van der Waals surface area (Å²) in [6.45, 7) is 1.96. The van der Waals surface area contributed by atoms with E-state index >= 15 is 0 Å². The first-order valence-electron chi connectivity index (χ1n) is 8.31. The number of amides is 1. The van der Waals surface area contributed by atoms with Crippen molar-refractivity contribution in [3.63, 3.8) is 0 Å². The Labute approximate surface area is 166 Å². The lowest BCUT2D eigenvalue weighted by atomic mass is 10.2. The molecular formula is C19H19Cl2N3O3. The lowest BCUT2D eigenvalue weighted by Crippen LogP contribution is -2.35. The van der Waals surface area contributed by atoms with Crippen LogP contribution in [0.1, 0.15) is 12.5 Å². The van der Waals surface area contributed by atoms with Crippen molar-refractivity contribution < 1.29 is 9.53 Å². The summed E-state index contributed by atoms with van der Waals surface area (Å²) in [5, 5.41) is 3.67. The number of carbonyl (C=O) groups is 1. The van der Waals surface area contributed by atoms with Crippen LogP contribution in [0.3, 0.4) is 0 Å². The predicted octanol–water partition coefficient (Wildman–Crippen LogP) is 3.27. The molecule has 0 aliphatic heterocycles. The van der Waals surface area contributed by atoms with Gasteiger partial charge in [0.25, 0.3) is 5.91 Å². The van der Waals surface area contributed by atoms with E-state index in [9.17, 15) is 9.59 Å². The molecule has 3 aromatic rings. The molecule has 1 aromatic heterocycles. The molecule has 0 saturated carbocycles. The third kappa shape index (κ3) is 3.96. The monoisotopic (exact) mass is 407 g/mol. The zero-order valence-corrected chi connectivity index (χ0v) is 16.6. The Morgan fingerprint density at radius 2 is 1.81 bits per heavy atom. The van der Waals surface area contributed by atoms with Gasteiger partial charge in [-0.25, -0.2) is 4.79 Å². The van der Waals surface area contributed by atoms with E-state index < -0.39 is 6.10 Å². The van der Waals surface area contributed by atoms with Gasteiger partial charge in [0.05, 0.1) is 16.1 Å². The van der Waals surface area contributed by atoms with Gasteiger partial charge in [-0.15, -0.1) is 0 Å². The highest BCUT2D eigenvalue weighted by atomic mass is 35.5. The fourth-order valence-electron chi connectivity index (χ4n) is 2.81. The Hall–Kier alpha value is -2.44. The van der Waals surface area contributed by atoms with Gasteiger partial charge in [-0.05, 0) is 42.8 Å². The first-order valence-corrected chi connectivity index (χ1v) is 9.07. The highest BCUT2D eigenvalue weighted by molar-refractivity contribution is 6.35. The molecule has 6 nitrogen and oxygen atoms in total. The molecule has 142 valence electrons. The molecule has 2 aromatic carbocycles. The van der Waals surface area contributed by atoms with Crippen LogP contribution in [0.4, 0.5) is 0 Å². The Morgan fingerprint density at radius 3 is 2.52 bits per heavy atom. The van der Waals surface area contributed by atoms with E-state index in [0.717, 1.165) is 16.6 Å². The van der Waals surface area contributed by atoms with Gasteiger partial charge in [0.15, 0.2) is 6.10 Å². The number of nitrogens with zero attached hydrogens (tertiary/aromatic N) is 2. The maximum absolute atomic E-state index is 12.3. The lowest BCUT2D eigenvalue weighted by Gasteiger charge is -2.16. The normalized spacial score (nSPS) is 12.2. The number of aryl methyl sites for hydroxylation is 2. The molecule has 1 amide bonds. The zero-order valence-electron chi connectivity index (χ0n) is 15.1. The van der Waals surface area contributed by atoms with Gasteiger partial charge in [0.2, 0.25) is 0 Å². The van der Waals surface area contributed by atoms with Crippen molar-refractivity contribution in [3.8, 4) is 5.75 Å². The quantitative estimate of drug-likeness (QED) is 0.705. The molecular weight excluding hydrogens is 389 g/mol. The van der Waals surface area contributed by atoms with Crippen molar-refractivity contribution in [2.45, 2.75) is 19.6 Å². The maximum Gasteiger partial charge on any atom is 0.328 e. The van der Waals surface area contributed by atoms with Crippen molar-refractivity contribution >= 4 is 40.1 Å². The Bertz CT molecular complexity index is 1070. The Kier molecular flexibility index (Phi) is 5.48. The fraction of sp³-hybridized carbons (Fsp3) is 0.263. The molecule has 0 saturated heterocycles. The number of carbonyl (C=O) groups excluding carboxylic acids is 1. The third-order valence-corrected chi connectivity index (χ3v) is 4.90. The summed E-state index contributed by atoms with van der Waals surface area (Å²) in [4.78, 5) is 24.3. The van der Waals surface area contributed by atoms with Crippen LogP contribution in [0.25, 0.3) is 11.0 Å². The summed E-state index contributed by atoms with van der Waals surface area (Å²) in [6.07, 6.45) is -0.728. The van der Waals surface area contributed by atoms with E-state index in [4.69, 9.17) is 27.9 Å². The number of halogens is 2. The Morgan fingerprint density at radius 1 is 1.11 bits per heavy atom. The summed E-state index contributed by atoms with van der Waals surface area (Å²) >= 11 is 11.9. The van der Waals surface area contributed by atoms with Crippen molar-refractivity contribution in [1.82, 2.24) is 14.5 Å². The summed E-state index contributed by atoms with van der Waals surface area (Å²) in [6, 6.07) is 10.5. The number of benzene rings is 2. The second-order valence-corrected chi connectivity index (χ2v) is 7.12. The minimum absolute atomic E-state index is 0.0898. The van der Waals surface area contributed by atoms with Gasteiger partial charge in [-0.1, -0.05) is 29.3 Å². The van der Waals surface area contributed by atoms with Crippen molar-refractivity contribution in [1.29, 1.82) is 0 Å². The molecule has 1 atom stereocenters. The van der Waals surface area contributed by atoms with Crippen molar-refractivity contribution in [2.75, 3.05) is 0 Å². The minimum Gasteiger partial charge on any atom is -0.479 e. The summed E-state index contributed by atoms with van der Waals surface area (Å²) in [5.74, 6) is 0.118. The molecule has 0 bridgehead atoms. The van der Waals surface area contributed by atoms with Crippen LogP contribution in [0, 0.1) is 0 Å². The third-order valence-electron chi connectivity index (χ3n) is 4.37. The second-order valence-electron chi connectivity index (χ2n) is 6.28. The summed E-state index contributed by atoms with van der Waals surface area (Å²) in [7, 11) is 3.45. The standard InChI is InChI=1S/C19H19Cl2N3O3/c1-11(27-17-7-5-13(20)9-14(17)21)18(25)22-10-12-4-6-15-16(8-12)24(3)19(26)23(15)2/h4-9,11H,10H2,1-3H3,(H,22,25). The topological polar surface area (TPSA) is 65.3 Å². The number of imidazole rings is 1. The van der Waals surface area contributed by atoms with Gasteiger partial charge in [0.1, 0.15) is 5.75 Å². The van der Waals surface area contributed by atoms with E-state index in [1.807, 2.05) is 18.2 Å². The number of hydrogen-bond donors (Lipinski definition) is 1. The number of nitrogens with one attached hydrogen (secondary N) is 1. The fourth-order valence-corrected chi connectivity index (χ4v) is 3.26. The molecule has 0 fully saturated rings. The van der Waals surface area contributed by atoms with Crippen LogP contribution < -0.4 is 15.7 Å². The van der Waals surface area contributed by atoms with Crippen LogP contribution in [-0.4, -0.2) is 21.1 Å². The Balaban J connectivity index is 1.67. The number of ether oxygens (including phenoxy) is 1. The van der Waals surface area contributed by atoms with E-state index in [1.54, 1.807) is 48.4 Å². The van der Waals surface area contributed by atoms with E-state index in [2.05, 4.69) is 5.32 Å². The number of fused-ring (bicyclic) bond motifs is 1. The largest absolute Gasteiger partial charge is 0.479 e. The van der Waals surface area contributed by atoms with Gasteiger partial charge in [0, 0.05) is 25.7 Å². The van der Waals surface area contributed by atoms with E-state index in [1.165, 1.54) is 0 Å².